The van der Waals surface area contributed by atoms with Crippen molar-refractivity contribution in [2.24, 2.45) is 5.92 Å². The largest absolute Gasteiger partial charge is 0.340 e. The third kappa shape index (κ3) is 3.96. The second kappa shape index (κ2) is 7.58. The number of hydrogen-bond acceptors (Lipinski definition) is 4. The van der Waals surface area contributed by atoms with E-state index in [2.05, 4.69) is 10.1 Å². The van der Waals surface area contributed by atoms with Crippen molar-refractivity contribution in [3.05, 3.63) is 46.0 Å². The van der Waals surface area contributed by atoms with E-state index in [9.17, 15) is 9.59 Å². The molecule has 1 aromatic heterocycles. The van der Waals surface area contributed by atoms with Gasteiger partial charge in [-0.1, -0.05) is 11.6 Å². The van der Waals surface area contributed by atoms with Crippen molar-refractivity contribution < 1.29 is 9.59 Å². The lowest BCUT2D eigenvalue weighted by molar-refractivity contribution is -0.133. The number of likely N-dealkylation sites (tertiary alicyclic amines) is 1. The van der Waals surface area contributed by atoms with Crippen LogP contribution in [-0.2, 0) is 11.3 Å². The van der Waals surface area contributed by atoms with Crippen molar-refractivity contribution in [3.8, 4) is 0 Å². The smallest absolute Gasteiger partial charge is 0.244 e. The van der Waals surface area contributed by atoms with E-state index in [-0.39, 0.29) is 24.2 Å². The van der Waals surface area contributed by atoms with E-state index >= 15 is 0 Å². The lowest BCUT2D eigenvalue weighted by Gasteiger charge is -2.32. The molecule has 0 radical (unpaired) electrons. The molecule has 0 spiro atoms. The van der Waals surface area contributed by atoms with Crippen LogP contribution in [0.4, 0.5) is 0 Å². The summed E-state index contributed by atoms with van der Waals surface area (Å²) in [4.78, 5) is 31.6. The number of aromatic nitrogens is 3. The number of halogens is 1. The second-order valence-electron chi connectivity index (χ2n) is 6.87. The van der Waals surface area contributed by atoms with Gasteiger partial charge in [0.25, 0.3) is 0 Å². The first-order chi connectivity index (χ1) is 12.3. The van der Waals surface area contributed by atoms with Crippen LogP contribution in [0.2, 0.25) is 5.02 Å². The Morgan fingerprint density at radius 3 is 2.69 bits per heavy atom. The first-order valence-electron chi connectivity index (χ1n) is 8.81. The fraction of sp³-hybridized carbons (Fsp3) is 0.474. The van der Waals surface area contributed by atoms with Crippen molar-refractivity contribution in [3.63, 3.8) is 0 Å². The minimum atomic E-state index is -0.175. The molecule has 26 heavy (non-hydrogen) atoms. The highest BCUT2D eigenvalue weighted by Crippen LogP contribution is 2.24. The Kier molecular flexibility index (Phi) is 5.41. The van der Waals surface area contributed by atoms with Crippen molar-refractivity contribution in [1.82, 2.24) is 19.7 Å². The minimum absolute atomic E-state index is 0.0247. The summed E-state index contributed by atoms with van der Waals surface area (Å²) in [7, 11) is 0. The Balaban J connectivity index is 1.69. The Bertz CT molecular complexity index is 846. The molecule has 3 rings (SSSR count). The summed E-state index contributed by atoms with van der Waals surface area (Å²) in [5.74, 6) is 1.26. The molecule has 0 aliphatic carbocycles. The maximum Gasteiger partial charge on any atom is 0.244 e. The fourth-order valence-electron chi connectivity index (χ4n) is 3.48. The average molecular weight is 375 g/mol. The van der Waals surface area contributed by atoms with Crippen LogP contribution in [0.15, 0.2) is 18.2 Å². The van der Waals surface area contributed by atoms with E-state index in [0.717, 1.165) is 24.2 Å². The van der Waals surface area contributed by atoms with Gasteiger partial charge in [0.15, 0.2) is 5.78 Å². The fourth-order valence-corrected chi connectivity index (χ4v) is 3.71. The molecule has 1 aliphatic heterocycles. The summed E-state index contributed by atoms with van der Waals surface area (Å²) in [6.45, 7) is 6.81. The zero-order valence-corrected chi connectivity index (χ0v) is 16.1. The number of Topliss-reactive ketones (excluding diaryl/α,β-unsaturated/α-hetero) is 1. The summed E-state index contributed by atoms with van der Waals surface area (Å²) in [5.41, 5.74) is 1.57. The normalized spacial score (nSPS) is 17.4. The van der Waals surface area contributed by atoms with Gasteiger partial charge in [-0.2, -0.15) is 5.10 Å². The van der Waals surface area contributed by atoms with Crippen molar-refractivity contribution >= 4 is 23.3 Å². The molecule has 1 atom stereocenters. The molecule has 2 heterocycles. The molecular weight excluding hydrogens is 352 g/mol. The number of hydrogen-bond donors (Lipinski definition) is 0. The Morgan fingerprint density at radius 1 is 1.27 bits per heavy atom. The van der Waals surface area contributed by atoms with Gasteiger partial charge in [-0.3, -0.25) is 9.59 Å². The van der Waals surface area contributed by atoms with E-state index in [0.29, 0.717) is 29.5 Å². The standard InChI is InChI=1S/C19H23ClN4O2/c1-12-9-16(20)6-7-17(12)19(26)15-5-4-8-23(10-15)18(25)11-24-14(3)21-13(2)22-24/h6-7,9,15H,4-5,8,10-11H2,1-3H3. The van der Waals surface area contributed by atoms with Gasteiger partial charge < -0.3 is 4.90 Å². The summed E-state index contributed by atoms with van der Waals surface area (Å²) in [5, 5.41) is 4.87. The Hall–Kier alpha value is -2.21. The first kappa shape index (κ1) is 18.6. The number of carbonyl (C=O) groups is 2. The van der Waals surface area contributed by atoms with Gasteiger partial charge >= 0.3 is 0 Å². The number of ketones is 1. The molecule has 1 aromatic carbocycles. The minimum Gasteiger partial charge on any atom is -0.340 e. The molecule has 138 valence electrons. The molecular formula is C19H23ClN4O2. The van der Waals surface area contributed by atoms with Gasteiger partial charge in [-0.25, -0.2) is 9.67 Å². The molecule has 1 saturated heterocycles. The summed E-state index contributed by atoms with van der Waals surface area (Å²) < 4.78 is 1.62. The number of amides is 1. The second-order valence-corrected chi connectivity index (χ2v) is 7.30. The van der Waals surface area contributed by atoms with E-state index in [1.165, 1.54) is 0 Å². The zero-order chi connectivity index (χ0) is 18.8. The van der Waals surface area contributed by atoms with E-state index in [1.54, 1.807) is 34.7 Å². The van der Waals surface area contributed by atoms with Crippen LogP contribution in [0.1, 0.15) is 40.4 Å². The van der Waals surface area contributed by atoms with Gasteiger partial charge in [0, 0.05) is 29.6 Å². The predicted molar refractivity (Wildman–Crippen MR) is 99.3 cm³/mol. The maximum atomic E-state index is 12.9. The summed E-state index contributed by atoms with van der Waals surface area (Å²) >= 11 is 5.99. The molecule has 1 aliphatic rings. The average Bonchev–Trinajstić information content (AvgIpc) is 2.91. The Labute approximate surface area is 158 Å². The number of aryl methyl sites for hydroxylation is 3. The third-order valence-corrected chi connectivity index (χ3v) is 5.08. The highest BCUT2D eigenvalue weighted by molar-refractivity contribution is 6.30. The number of rotatable bonds is 4. The van der Waals surface area contributed by atoms with E-state index in [4.69, 9.17) is 11.6 Å². The van der Waals surface area contributed by atoms with Gasteiger partial charge in [-0.05, 0) is 57.4 Å². The molecule has 0 N–H and O–H groups in total. The van der Waals surface area contributed by atoms with Crippen molar-refractivity contribution in [1.29, 1.82) is 0 Å². The third-order valence-electron chi connectivity index (χ3n) is 4.85. The van der Waals surface area contributed by atoms with Crippen LogP contribution in [0, 0.1) is 26.7 Å². The van der Waals surface area contributed by atoms with Crippen LogP contribution in [0.5, 0.6) is 0 Å². The number of carbonyl (C=O) groups excluding carboxylic acids is 2. The maximum absolute atomic E-state index is 12.9. The van der Waals surface area contributed by atoms with E-state index < -0.39 is 0 Å². The van der Waals surface area contributed by atoms with Crippen LogP contribution >= 0.6 is 11.6 Å². The van der Waals surface area contributed by atoms with Gasteiger partial charge in [0.2, 0.25) is 5.91 Å². The molecule has 6 nitrogen and oxygen atoms in total. The molecule has 0 saturated carbocycles. The zero-order valence-electron chi connectivity index (χ0n) is 15.3. The number of piperidine rings is 1. The van der Waals surface area contributed by atoms with Crippen LogP contribution in [0.3, 0.4) is 0 Å². The molecule has 1 fully saturated rings. The topological polar surface area (TPSA) is 68.1 Å². The van der Waals surface area contributed by atoms with Gasteiger partial charge in [-0.15, -0.1) is 0 Å². The van der Waals surface area contributed by atoms with Crippen LogP contribution < -0.4 is 0 Å². The lowest BCUT2D eigenvalue weighted by Crippen LogP contribution is -2.44. The highest BCUT2D eigenvalue weighted by atomic mass is 35.5. The van der Waals surface area contributed by atoms with Crippen LogP contribution in [-0.4, -0.2) is 44.4 Å². The number of benzene rings is 1. The monoisotopic (exact) mass is 374 g/mol. The number of nitrogens with zero attached hydrogens (tertiary/aromatic N) is 4. The summed E-state index contributed by atoms with van der Waals surface area (Å²) in [6.07, 6.45) is 1.62. The van der Waals surface area contributed by atoms with Crippen LogP contribution in [0.25, 0.3) is 0 Å². The SMILES string of the molecule is Cc1nc(C)n(CC(=O)N2CCCC(C(=O)c3ccc(Cl)cc3C)C2)n1. The first-order valence-corrected chi connectivity index (χ1v) is 9.19. The quantitative estimate of drug-likeness (QED) is 0.771. The summed E-state index contributed by atoms with van der Waals surface area (Å²) in [6, 6.07) is 5.32. The van der Waals surface area contributed by atoms with Gasteiger partial charge in [0.05, 0.1) is 0 Å². The molecule has 1 amide bonds. The lowest BCUT2D eigenvalue weighted by atomic mass is 9.88. The molecule has 1 unspecified atom stereocenters. The predicted octanol–water partition coefficient (Wildman–Crippen LogP) is 2.98. The van der Waals surface area contributed by atoms with E-state index in [1.807, 2.05) is 13.8 Å². The van der Waals surface area contributed by atoms with Crippen molar-refractivity contribution in [2.45, 2.75) is 40.2 Å². The Morgan fingerprint density at radius 2 is 2.04 bits per heavy atom. The molecule has 7 heteroatoms. The molecule has 2 aromatic rings. The molecule has 0 bridgehead atoms. The highest BCUT2D eigenvalue weighted by Gasteiger charge is 2.30. The van der Waals surface area contributed by atoms with Crippen molar-refractivity contribution in [2.75, 3.05) is 13.1 Å². The van der Waals surface area contributed by atoms with Gasteiger partial charge in [0.1, 0.15) is 18.2 Å².